The fourth-order valence-corrected chi connectivity index (χ4v) is 1.55. The van der Waals surface area contributed by atoms with Crippen molar-refractivity contribution in [3.05, 3.63) is 28.8 Å². The number of hydrogen-bond acceptors (Lipinski definition) is 4. The first-order chi connectivity index (χ1) is 9.72. The summed E-state index contributed by atoms with van der Waals surface area (Å²) >= 11 is 0. The zero-order chi connectivity index (χ0) is 16.2. The van der Waals surface area contributed by atoms with Crippen LogP contribution in [0.15, 0.2) is 12.1 Å². The summed E-state index contributed by atoms with van der Waals surface area (Å²) in [5.74, 6) is -2.40. The number of hydrogen-bond donors (Lipinski definition) is 0. The number of alkyl halides is 5. The van der Waals surface area contributed by atoms with E-state index in [4.69, 9.17) is 5.26 Å². The molecule has 1 rings (SSSR count). The first-order valence-corrected chi connectivity index (χ1v) is 5.48. The van der Waals surface area contributed by atoms with E-state index in [1.54, 1.807) is 0 Å². The maximum atomic E-state index is 12.9. The van der Waals surface area contributed by atoms with Crippen LogP contribution in [0.3, 0.4) is 0 Å². The molecule has 9 heteroatoms. The standard InChI is InChI=1S/C12H8F5NO3/c1-2-20-10(19)6-3-4-8(21-11(13)14)9(7(6)5-18)12(15,16)17/h3-4,11H,2H2,1H3. The number of benzene rings is 1. The van der Waals surface area contributed by atoms with E-state index in [1.165, 1.54) is 13.0 Å². The van der Waals surface area contributed by atoms with Crippen molar-refractivity contribution in [3.8, 4) is 11.8 Å². The normalized spacial score (nSPS) is 11.1. The van der Waals surface area contributed by atoms with E-state index in [0.29, 0.717) is 6.07 Å². The van der Waals surface area contributed by atoms with Gasteiger partial charge in [0.05, 0.1) is 17.7 Å². The number of ether oxygens (including phenoxy) is 2. The Hall–Kier alpha value is -2.37. The Balaban J connectivity index is 3.55. The molecule has 0 radical (unpaired) electrons. The first kappa shape index (κ1) is 16.7. The molecule has 21 heavy (non-hydrogen) atoms. The fraction of sp³-hybridized carbons (Fsp3) is 0.333. The van der Waals surface area contributed by atoms with Gasteiger partial charge in [-0.25, -0.2) is 4.79 Å². The lowest BCUT2D eigenvalue weighted by molar-refractivity contribution is -0.142. The van der Waals surface area contributed by atoms with Gasteiger partial charge in [0.25, 0.3) is 0 Å². The molecule has 1 aromatic carbocycles. The lowest BCUT2D eigenvalue weighted by Gasteiger charge is -2.16. The molecule has 0 atom stereocenters. The van der Waals surface area contributed by atoms with Crippen LogP contribution in [0, 0.1) is 11.3 Å². The molecule has 0 bridgehead atoms. The van der Waals surface area contributed by atoms with Gasteiger partial charge >= 0.3 is 18.8 Å². The highest BCUT2D eigenvalue weighted by molar-refractivity contribution is 5.93. The number of halogens is 5. The number of carbonyl (C=O) groups excluding carboxylic acids is 1. The molecule has 0 N–H and O–H groups in total. The molecule has 0 spiro atoms. The molecule has 0 unspecified atom stereocenters. The highest BCUT2D eigenvalue weighted by Gasteiger charge is 2.40. The fourth-order valence-electron chi connectivity index (χ4n) is 1.55. The van der Waals surface area contributed by atoms with Gasteiger partial charge in [0.2, 0.25) is 0 Å². The molecule has 0 aliphatic rings. The van der Waals surface area contributed by atoms with Crippen LogP contribution in [0.1, 0.15) is 28.4 Å². The van der Waals surface area contributed by atoms with Gasteiger partial charge in [0.15, 0.2) is 0 Å². The Morgan fingerprint density at radius 1 is 1.38 bits per heavy atom. The summed E-state index contributed by atoms with van der Waals surface area (Å²) < 4.78 is 71.4. The van der Waals surface area contributed by atoms with Crippen molar-refractivity contribution in [2.75, 3.05) is 6.61 Å². The highest BCUT2D eigenvalue weighted by Crippen LogP contribution is 2.40. The van der Waals surface area contributed by atoms with E-state index in [-0.39, 0.29) is 6.61 Å². The predicted octanol–water partition coefficient (Wildman–Crippen LogP) is 3.36. The van der Waals surface area contributed by atoms with Crippen molar-refractivity contribution in [3.63, 3.8) is 0 Å². The largest absolute Gasteiger partial charge is 0.462 e. The van der Waals surface area contributed by atoms with Crippen LogP contribution in [0.25, 0.3) is 0 Å². The minimum Gasteiger partial charge on any atom is -0.462 e. The number of esters is 1. The van der Waals surface area contributed by atoms with E-state index in [9.17, 15) is 26.7 Å². The Labute approximate surface area is 115 Å². The second-order valence-corrected chi connectivity index (χ2v) is 3.57. The van der Waals surface area contributed by atoms with Crippen LogP contribution in [-0.2, 0) is 10.9 Å². The lowest BCUT2D eigenvalue weighted by Crippen LogP contribution is -2.17. The van der Waals surface area contributed by atoms with Gasteiger partial charge in [-0.1, -0.05) is 0 Å². The third-order valence-corrected chi connectivity index (χ3v) is 2.27. The number of rotatable bonds is 4. The summed E-state index contributed by atoms with van der Waals surface area (Å²) in [6, 6.07) is 2.49. The number of carbonyl (C=O) groups is 1. The second-order valence-electron chi connectivity index (χ2n) is 3.57. The smallest absolute Gasteiger partial charge is 0.421 e. The molecule has 0 saturated heterocycles. The Bertz CT molecular complexity index is 577. The summed E-state index contributed by atoms with van der Waals surface area (Å²) in [4.78, 5) is 11.5. The summed E-state index contributed by atoms with van der Waals surface area (Å²) in [5, 5.41) is 8.84. The van der Waals surface area contributed by atoms with Crippen LogP contribution >= 0.6 is 0 Å². The predicted molar refractivity (Wildman–Crippen MR) is 58.7 cm³/mol. The molecule has 0 aliphatic heterocycles. The quantitative estimate of drug-likeness (QED) is 0.632. The lowest BCUT2D eigenvalue weighted by atomic mass is 10.0. The molecule has 0 saturated carbocycles. The van der Waals surface area contributed by atoms with E-state index in [2.05, 4.69) is 9.47 Å². The van der Waals surface area contributed by atoms with Crippen LogP contribution in [0.2, 0.25) is 0 Å². The van der Waals surface area contributed by atoms with Crippen LogP contribution in [-0.4, -0.2) is 19.2 Å². The molecule has 0 aliphatic carbocycles. The third-order valence-electron chi connectivity index (χ3n) is 2.27. The minimum atomic E-state index is -5.15. The SMILES string of the molecule is CCOC(=O)c1ccc(OC(F)F)c(C(F)(F)F)c1C#N. The van der Waals surface area contributed by atoms with Gasteiger partial charge in [-0.15, -0.1) is 0 Å². The second kappa shape index (κ2) is 6.39. The van der Waals surface area contributed by atoms with E-state index in [1.807, 2.05) is 0 Å². The molecule has 0 amide bonds. The summed E-state index contributed by atoms with van der Waals surface area (Å²) in [6.45, 7) is -2.21. The van der Waals surface area contributed by atoms with Crippen molar-refractivity contribution >= 4 is 5.97 Å². The maximum Gasteiger partial charge on any atom is 0.421 e. The van der Waals surface area contributed by atoms with Crippen LogP contribution in [0.5, 0.6) is 5.75 Å². The van der Waals surface area contributed by atoms with Crippen molar-refractivity contribution in [2.45, 2.75) is 19.7 Å². The van der Waals surface area contributed by atoms with Crippen molar-refractivity contribution < 1.29 is 36.2 Å². The van der Waals surface area contributed by atoms with Gasteiger partial charge in [0.1, 0.15) is 17.4 Å². The highest BCUT2D eigenvalue weighted by atomic mass is 19.4. The molecular formula is C12H8F5NO3. The third kappa shape index (κ3) is 3.81. The zero-order valence-corrected chi connectivity index (χ0v) is 10.5. The minimum absolute atomic E-state index is 0.125. The average Bonchev–Trinajstić information content (AvgIpc) is 2.36. The summed E-state index contributed by atoms with van der Waals surface area (Å²) in [6.07, 6.45) is -5.15. The summed E-state index contributed by atoms with van der Waals surface area (Å²) in [5.41, 5.74) is -3.54. The van der Waals surface area contributed by atoms with Crippen molar-refractivity contribution in [2.24, 2.45) is 0 Å². The van der Waals surface area contributed by atoms with E-state index in [0.717, 1.165) is 6.07 Å². The topological polar surface area (TPSA) is 59.3 Å². The maximum absolute atomic E-state index is 12.9. The average molecular weight is 309 g/mol. The van der Waals surface area contributed by atoms with Crippen molar-refractivity contribution in [1.82, 2.24) is 0 Å². The van der Waals surface area contributed by atoms with Crippen LogP contribution < -0.4 is 4.74 Å². The Morgan fingerprint density at radius 3 is 2.43 bits per heavy atom. The van der Waals surface area contributed by atoms with Gasteiger partial charge in [-0.2, -0.15) is 27.2 Å². The van der Waals surface area contributed by atoms with Gasteiger partial charge in [-0.3, -0.25) is 0 Å². The zero-order valence-electron chi connectivity index (χ0n) is 10.5. The molecule has 114 valence electrons. The van der Waals surface area contributed by atoms with Gasteiger partial charge in [-0.05, 0) is 19.1 Å². The molecule has 0 fully saturated rings. The molecular weight excluding hydrogens is 301 g/mol. The molecule has 0 heterocycles. The van der Waals surface area contributed by atoms with Crippen molar-refractivity contribution in [1.29, 1.82) is 5.26 Å². The Kier molecular flexibility index (Phi) is 5.07. The monoisotopic (exact) mass is 309 g/mol. The van der Waals surface area contributed by atoms with E-state index < -0.39 is 41.2 Å². The van der Waals surface area contributed by atoms with E-state index >= 15 is 0 Å². The molecule has 1 aromatic rings. The van der Waals surface area contributed by atoms with Gasteiger partial charge < -0.3 is 9.47 Å². The number of nitriles is 1. The number of nitrogens with zero attached hydrogens (tertiary/aromatic N) is 1. The summed E-state index contributed by atoms with van der Waals surface area (Å²) in [7, 11) is 0. The Morgan fingerprint density at radius 2 is 2.00 bits per heavy atom. The molecule has 4 nitrogen and oxygen atoms in total. The van der Waals surface area contributed by atoms with Gasteiger partial charge in [0, 0.05) is 0 Å². The molecule has 0 aromatic heterocycles. The first-order valence-electron chi connectivity index (χ1n) is 5.48. The van der Waals surface area contributed by atoms with Crippen LogP contribution in [0.4, 0.5) is 22.0 Å².